The highest BCUT2D eigenvalue weighted by Gasteiger charge is 2.36. The molecule has 0 amide bonds. The van der Waals surface area contributed by atoms with Gasteiger partial charge in [-0.15, -0.1) is 30.6 Å². The zero-order valence-corrected chi connectivity index (χ0v) is 82.3. The number of aromatic nitrogens is 15. The average molecular weight is 1990 g/mol. The van der Waals surface area contributed by atoms with Crippen molar-refractivity contribution >= 4 is 46.0 Å². The topological polar surface area (TPSA) is 287 Å². The molecule has 0 radical (unpaired) electrons. The van der Waals surface area contributed by atoms with Crippen LogP contribution in [0.15, 0.2) is 248 Å². The molecule has 33 heteroatoms. The number of unbranched alkanes of at least 4 members (excludes halogenated alkanes) is 5. The summed E-state index contributed by atoms with van der Waals surface area (Å²) in [5, 5.41) is 46.4. The monoisotopic (exact) mass is 1990 g/mol. The van der Waals surface area contributed by atoms with Crippen molar-refractivity contribution in [2.75, 3.05) is 0 Å². The smallest absolute Gasteiger partial charge is 0.416 e. The third kappa shape index (κ3) is 35.6. The Hall–Kier alpha value is -14.5. The van der Waals surface area contributed by atoms with E-state index in [-0.39, 0.29) is 96.3 Å². The first-order valence-electron chi connectivity index (χ1n) is 48.2. The Bertz CT molecular complexity index is 6270. The molecule has 752 valence electrons. The van der Waals surface area contributed by atoms with Crippen LogP contribution in [0, 0.1) is 12.7 Å². The summed E-state index contributed by atoms with van der Waals surface area (Å²) in [4.78, 5) is 78.4. The van der Waals surface area contributed by atoms with Gasteiger partial charge in [0.2, 0.25) is 11.8 Å². The maximum Gasteiger partial charge on any atom is 0.416 e. The lowest BCUT2D eigenvalue weighted by atomic mass is 9.96. The average Bonchev–Trinajstić information content (AvgIpc) is 1.36. The van der Waals surface area contributed by atoms with Crippen molar-refractivity contribution in [3.8, 4) is 39.1 Å². The summed E-state index contributed by atoms with van der Waals surface area (Å²) >= 11 is 1.56. The number of nitrogens with zero attached hydrogens (tertiary/aromatic N) is 14. The van der Waals surface area contributed by atoms with Crippen molar-refractivity contribution in [3.63, 3.8) is 0 Å². The van der Waals surface area contributed by atoms with Crippen molar-refractivity contribution in [1.29, 1.82) is 0 Å². The lowest BCUT2D eigenvalue weighted by molar-refractivity contribution is -0.717. The highest BCUT2D eigenvalue weighted by atomic mass is 32.1. The lowest BCUT2D eigenvalue weighted by Crippen LogP contribution is -2.36. The molecular formula is C111H116F10N15O7S+. The van der Waals surface area contributed by atoms with Gasteiger partial charge in [0.1, 0.15) is 50.5 Å². The highest BCUT2D eigenvalue weighted by molar-refractivity contribution is 7.14. The Kier molecular flexibility index (Phi) is 41.7. The zero-order valence-electron chi connectivity index (χ0n) is 81.5. The van der Waals surface area contributed by atoms with Crippen LogP contribution < -0.4 is 4.80 Å². The number of alkyl halides is 9. The van der Waals surface area contributed by atoms with E-state index in [2.05, 4.69) is 102 Å². The van der Waals surface area contributed by atoms with Crippen LogP contribution in [-0.2, 0) is 150 Å². The number of aromatic amines is 1. The Labute approximate surface area is 834 Å². The summed E-state index contributed by atoms with van der Waals surface area (Å²) in [6.07, 6.45) is 10.2. The number of nitrogens with one attached hydrogen (secondary N) is 1. The fourth-order valence-corrected chi connectivity index (χ4v) is 16.2. The standard InChI is InChI=1S/C26H31N3O2.C22H21F3N2O2.C22H21F3N2OS.C21H21F3N4O.C20H21FN4O/c1-4-5-6-24-18-29(28-27-24)25-13-11-22(12-14-25)16-26(31)17-23-15-21(9-7-19(23)2)10-8-20(3)30;2*1-2-3-8-20-26-27-21(29-20)16-11-9-15(10-12-16)13-18(28)14-17-6-4-5-7-19(17)22(23,24)25;1-2-3-8-20-25-27-28(26-20)17-11-9-15(10-12-17)13-18(29)14-16-6-4-5-7-19(16)21(22,23)24;1-2-3-4-18-14-25(24-23-18)19-7-5-15(6-8-19)10-20(26)11-16-9-17(21)13-22-12-16/h7,9,11-15,18H,4-6,8,10,16-17H2,1-3H3;3*4-7,9-12H,2-3,8,13-14H2,1H3;5-9,12-14H,2-4,10-11H2,1H3/p+1. The molecule has 0 spiro atoms. The van der Waals surface area contributed by atoms with Gasteiger partial charge >= 0.3 is 24.4 Å². The SMILES string of the molecule is CCCCc1cn(-c2ccc(CC(=O)Cc3cc(CCC(C)=O)ccc3C)cc2)nn1.CCCCc1cn(-c2ccc(CC(=O)Cc3cncc(F)c3)cc2)nn1.CCCCc1n[nH][n+](-c2ccc(CC(=O)Cc3ccccc3C(F)(F)F)cc2)n1.CCCCc1nnc(-c2ccc(CC(=O)Cc3ccccc3C(F)(F)F)cc2)o1.CCCCc1nnc(-c2ccc(CC(=O)Cc3ccccc3C(F)(F)F)cc2)s1. The molecular weight excluding hydrogens is 1880 g/mol. The van der Waals surface area contributed by atoms with E-state index in [1.54, 1.807) is 81.0 Å². The van der Waals surface area contributed by atoms with Crippen LogP contribution in [0.3, 0.4) is 0 Å². The molecule has 15 aromatic rings. The summed E-state index contributed by atoms with van der Waals surface area (Å²) in [6.45, 7) is 14.3. The minimum atomic E-state index is -4.47. The van der Waals surface area contributed by atoms with Crippen molar-refractivity contribution in [1.82, 2.24) is 70.8 Å². The summed E-state index contributed by atoms with van der Waals surface area (Å²) < 4.78 is 140. The molecule has 15 rings (SSSR count). The molecule has 6 heterocycles. The Balaban J connectivity index is 0.000000172. The third-order valence-electron chi connectivity index (χ3n) is 23.2. The third-order valence-corrected chi connectivity index (χ3v) is 24.2. The van der Waals surface area contributed by atoms with Gasteiger partial charge in [-0.25, -0.2) is 13.8 Å². The number of benzene rings is 9. The van der Waals surface area contributed by atoms with E-state index in [1.807, 2.05) is 104 Å². The van der Waals surface area contributed by atoms with Crippen molar-refractivity contribution in [3.05, 3.63) is 361 Å². The van der Waals surface area contributed by atoms with E-state index in [4.69, 9.17) is 4.42 Å². The van der Waals surface area contributed by atoms with Gasteiger partial charge in [0.15, 0.2) is 5.69 Å². The number of aryl methyl sites for hydroxylation is 7. The molecule has 0 fully saturated rings. The van der Waals surface area contributed by atoms with Gasteiger partial charge in [-0.1, -0.05) is 234 Å². The largest absolute Gasteiger partial charge is 0.421 e. The molecule has 0 aliphatic rings. The summed E-state index contributed by atoms with van der Waals surface area (Å²) in [7, 11) is 0. The van der Waals surface area contributed by atoms with Gasteiger partial charge in [-0.05, 0) is 220 Å². The number of hydrogen-bond donors (Lipinski definition) is 1. The molecule has 0 saturated heterocycles. The molecule has 144 heavy (non-hydrogen) atoms. The van der Waals surface area contributed by atoms with Crippen LogP contribution in [0.4, 0.5) is 43.9 Å². The molecule has 0 bridgehead atoms. The number of carbonyl (C=O) groups is 6. The van der Waals surface area contributed by atoms with Crippen molar-refractivity contribution in [2.45, 2.75) is 240 Å². The van der Waals surface area contributed by atoms with Crippen LogP contribution in [0.2, 0.25) is 0 Å². The first kappa shape index (κ1) is 110. The number of tetrazole rings is 1. The van der Waals surface area contributed by atoms with Crippen molar-refractivity contribution < 1.29 is 81.9 Å². The van der Waals surface area contributed by atoms with E-state index >= 15 is 0 Å². The van der Waals surface area contributed by atoms with E-state index in [9.17, 15) is 72.7 Å². The molecule has 9 aromatic carbocycles. The van der Waals surface area contributed by atoms with Crippen LogP contribution in [-0.4, -0.2) is 105 Å². The minimum absolute atomic E-state index is 0.00144. The molecule has 0 atom stereocenters. The maximum absolute atomic E-state index is 13.1. The number of rotatable bonds is 43. The maximum atomic E-state index is 13.1. The molecule has 22 nitrogen and oxygen atoms in total. The Morgan fingerprint density at radius 3 is 1.25 bits per heavy atom. The number of pyridine rings is 1. The van der Waals surface area contributed by atoms with E-state index in [0.29, 0.717) is 48.6 Å². The summed E-state index contributed by atoms with van der Waals surface area (Å²) in [6, 6.07) is 60.2. The van der Waals surface area contributed by atoms with Gasteiger partial charge in [0.25, 0.3) is 0 Å². The highest BCUT2D eigenvalue weighted by Crippen LogP contribution is 2.36. The fraction of sp³-hybridized carbons (Fsp3) is 0.333. The molecule has 0 saturated carbocycles. The van der Waals surface area contributed by atoms with Gasteiger partial charge in [0, 0.05) is 107 Å². The van der Waals surface area contributed by atoms with E-state index in [0.717, 1.165) is 221 Å². The Morgan fingerprint density at radius 1 is 0.396 bits per heavy atom. The van der Waals surface area contributed by atoms with Gasteiger partial charge in [0.05, 0.1) is 63.1 Å². The van der Waals surface area contributed by atoms with E-state index in [1.165, 1.54) is 66.9 Å². The van der Waals surface area contributed by atoms with Crippen molar-refractivity contribution in [2.24, 2.45) is 0 Å². The molecule has 1 N–H and O–H groups in total. The van der Waals surface area contributed by atoms with Crippen LogP contribution in [0.1, 0.15) is 224 Å². The van der Waals surface area contributed by atoms with Crippen LogP contribution in [0.5, 0.6) is 0 Å². The number of ketones is 6. The number of hydrogen-bond acceptors (Lipinski definition) is 19. The fourth-order valence-electron chi connectivity index (χ4n) is 15.4. The van der Waals surface area contributed by atoms with Gasteiger partial charge in [-0.2, -0.15) is 39.5 Å². The number of halogens is 10. The van der Waals surface area contributed by atoms with Gasteiger partial charge < -0.3 is 9.21 Å². The van der Waals surface area contributed by atoms with Gasteiger partial charge in [-0.3, -0.25) is 29.0 Å². The second-order valence-corrected chi connectivity index (χ2v) is 36.2. The minimum Gasteiger partial charge on any atom is -0.421 e. The lowest BCUT2D eigenvalue weighted by Gasteiger charge is -2.12. The second-order valence-electron chi connectivity index (χ2n) is 35.2. The number of carbonyl (C=O) groups excluding carboxylic acids is 6. The molecule has 0 aliphatic carbocycles. The summed E-state index contributed by atoms with van der Waals surface area (Å²) in [5.74, 6) is 0.877. The van der Waals surface area contributed by atoms with Crippen LogP contribution in [0.25, 0.3) is 39.1 Å². The number of H-pyrrole nitrogens is 1. The number of Topliss-reactive ketones (excluding diaryl/α,β-unsaturated/α-hetero) is 6. The predicted molar refractivity (Wildman–Crippen MR) is 530 cm³/mol. The van der Waals surface area contributed by atoms with Crippen LogP contribution >= 0.6 is 11.3 Å². The molecule has 0 aliphatic heterocycles. The molecule has 0 unspecified atom stereocenters. The first-order chi connectivity index (χ1) is 69.2. The Morgan fingerprint density at radius 2 is 0.799 bits per heavy atom. The predicted octanol–water partition coefficient (Wildman–Crippen LogP) is 23.5. The normalized spacial score (nSPS) is 11.3. The first-order valence-corrected chi connectivity index (χ1v) is 49.0. The van der Waals surface area contributed by atoms with E-state index < -0.39 is 41.0 Å². The summed E-state index contributed by atoms with van der Waals surface area (Å²) in [5.41, 5.74) is 12.0. The molecule has 6 aromatic heterocycles. The second kappa shape index (κ2) is 54.7. The quantitative estimate of drug-likeness (QED) is 0.0274. The zero-order chi connectivity index (χ0) is 103.